The van der Waals surface area contributed by atoms with Gasteiger partial charge in [0.25, 0.3) is 0 Å². The maximum atomic E-state index is 5.98. The van der Waals surface area contributed by atoms with Crippen molar-refractivity contribution in [1.82, 2.24) is 15.2 Å². The Kier molecular flexibility index (Phi) is 6.41. The number of thiazole rings is 1. The molecule has 0 saturated carbocycles. The zero-order valence-electron chi connectivity index (χ0n) is 14.9. The molecule has 0 amide bonds. The molecular weight excluding hydrogens is 306 g/mol. The second-order valence-electron chi connectivity index (χ2n) is 7.22. The van der Waals surface area contributed by atoms with Crippen molar-refractivity contribution < 1.29 is 0 Å². The molecular formula is C17H31N5S. The molecule has 1 aliphatic heterocycles. The summed E-state index contributed by atoms with van der Waals surface area (Å²) in [5.41, 5.74) is 7.24. The molecule has 130 valence electrons. The van der Waals surface area contributed by atoms with Crippen LogP contribution in [-0.2, 0) is 11.8 Å². The first-order valence-corrected chi connectivity index (χ1v) is 9.51. The van der Waals surface area contributed by atoms with Gasteiger partial charge in [-0.1, -0.05) is 27.7 Å². The van der Waals surface area contributed by atoms with E-state index in [-0.39, 0.29) is 5.41 Å². The molecule has 1 fully saturated rings. The highest BCUT2D eigenvalue weighted by atomic mass is 32.1. The predicted molar refractivity (Wildman–Crippen MR) is 99.3 cm³/mol. The van der Waals surface area contributed by atoms with Gasteiger partial charge in [0.1, 0.15) is 0 Å². The van der Waals surface area contributed by atoms with Crippen molar-refractivity contribution in [3.63, 3.8) is 0 Å². The van der Waals surface area contributed by atoms with E-state index >= 15 is 0 Å². The molecule has 0 aliphatic carbocycles. The molecule has 1 aromatic heterocycles. The Hall–Kier alpha value is -1.14. The summed E-state index contributed by atoms with van der Waals surface area (Å²) in [7, 11) is 0. The molecule has 0 bridgehead atoms. The largest absolute Gasteiger partial charge is 0.370 e. The highest BCUT2D eigenvalue weighted by molar-refractivity contribution is 7.09. The minimum absolute atomic E-state index is 0.128. The zero-order chi connectivity index (χ0) is 16.9. The van der Waals surface area contributed by atoms with Gasteiger partial charge in [0.2, 0.25) is 0 Å². The quantitative estimate of drug-likeness (QED) is 0.618. The second-order valence-corrected chi connectivity index (χ2v) is 8.08. The number of likely N-dealkylation sites (tertiary alicyclic amines) is 1. The minimum Gasteiger partial charge on any atom is -0.370 e. The summed E-state index contributed by atoms with van der Waals surface area (Å²) in [6.07, 6.45) is 3.40. The molecule has 0 aromatic carbocycles. The number of nitrogens with one attached hydrogen (secondary N) is 1. The summed E-state index contributed by atoms with van der Waals surface area (Å²) >= 11 is 1.74. The average Bonchev–Trinajstić information content (AvgIpc) is 3.13. The number of aromatic nitrogens is 1. The van der Waals surface area contributed by atoms with Gasteiger partial charge in [-0.2, -0.15) is 0 Å². The number of hydrogen-bond donors (Lipinski definition) is 2. The van der Waals surface area contributed by atoms with Crippen LogP contribution in [0.25, 0.3) is 0 Å². The molecule has 1 atom stereocenters. The highest BCUT2D eigenvalue weighted by Gasteiger charge is 2.22. The van der Waals surface area contributed by atoms with Crippen LogP contribution in [0.3, 0.4) is 0 Å². The van der Waals surface area contributed by atoms with E-state index in [1.54, 1.807) is 11.3 Å². The van der Waals surface area contributed by atoms with Crippen molar-refractivity contribution >= 4 is 17.3 Å². The van der Waals surface area contributed by atoms with E-state index in [1.807, 2.05) is 0 Å². The van der Waals surface area contributed by atoms with Gasteiger partial charge >= 0.3 is 0 Å². The minimum atomic E-state index is 0.128. The summed E-state index contributed by atoms with van der Waals surface area (Å²) < 4.78 is 0. The van der Waals surface area contributed by atoms with Crippen LogP contribution in [0, 0.1) is 0 Å². The number of rotatable bonds is 6. The first kappa shape index (κ1) is 18.2. The molecule has 2 rings (SSSR count). The summed E-state index contributed by atoms with van der Waals surface area (Å²) in [6, 6.07) is 0.563. The molecule has 1 unspecified atom stereocenters. The lowest BCUT2D eigenvalue weighted by molar-refractivity contribution is 0.273. The first-order chi connectivity index (χ1) is 10.9. The van der Waals surface area contributed by atoms with Gasteiger partial charge in [-0.3, -0.25) is 9.89 Å². The lowest BCUT2D eigenvalue weighted by Crippen LogP contribution is -2.36. The Morgan fingerprint density at radius 3 is 2.96 bits per heavy atom. The Balaban J connectivity index is 1.73. The molecule has 1 aromatic rings. The molecule has 3 N–H and O–H groups in total. The predicted octanol–water partition coefficient (Wildman–Crippen LogP) is 2.37. The average molecular weight is 338 g/mol. The van der Waals surface area contributed by atoms with E-state index < -0.39 is 0 Å². The van der Waals surface area contributed by atoms with Crippen molar-refractivity contribution in [1.29, 1.82) is 0 Å². The second kappa shape index (κ2) is 8.11. The van der Waals surface area contributed by atoms with Crippen LogP contribution in [0.1, 0.15) is 51.2 Å². The van der Waals surface area contributed by atoms with Crippen molar-refractivity contribution in [3.05, 3.63) is 16.1 Å². The lowest BCUT2D eigenvalue weighted by atomic mass is 9.98. The molecule has 5 nitrogen and oxygen atoms in total. The zero-order valence-corrected chi connectivity index (χ0v) is 15.7. The topological polar surface area (TPSA) is 66.5 Å². The van der Waals surface area contributed by atoms with Gasteiger partial charge in [-0.15, -0.1) is 11.3 Å². The van der Waals surface area contributed by atoms with E-state index in [4.69, 9.17) is 10.7 Å². The highest BCUT2D eigenvalue weighted by Crippen LogP contribution is 2.25. The van der Waals surface area contributed by atoms with Crippen molar-refractivity contribution in [2.24, 2.45) is 10.7 Å². The standard InChI is InChI=1S/C17H31N5S/c1-5-22-10-6-7-14(22)11-20-16(18)19-9-8-13-12-23-15(21-13)17(2,3)4/h12,14H,5-11H2,1-4H3,(H3,18,19,20). The van der Waals surface area contributed by atoms with Crippen LogP contribution in [0.5, 0.6) is 0 Å². The van der Waals surface area contributed by atoms with Crippen molar-refractivity contribution in [2.75, 3.05) is 26.2 Å². The molecule has 1 aliphatic rings. The van der Waals surface area contributed by atoms with E-state index in [0.29, 0.717) is 12.0 Å². The van der Waals surface area contributed by atoms with Gasteiger partial charge < -0.3 is 11.1 Å². The molecule has 0 spiro atoms. The molecule has 23 heavy (non-hydrogen) atoms. The maximum absolute atomic E-state index is 5.98. The Labute approximate surface area is 144 Å². The van der Waals surface area contributed by atoms with E-state index in [2.05, 4.69) is 48.3 Å². The molecule has 6 heteroatoms. The van der Waals surface area contributed by atoms with Gasteiger partial charge in [0, 0.05) is 29.8 Å². The summed E-state index contributed by atoms with van der Waals surface area (Å²) in [4.78, 5) is 11.7. The molecule has 2 heterocycles. The number of hydrogen-bond acceptors (Lipinski definition) is 4. The fourth-order valence-corrected chi connectivity index (χ4v) is 3.80. The van der Waals surface area contributed by atoms with Crippen LogP contribution < -0.4 is 11.1 Å². The molecule has 1 saturated heterocycles. The summed E-state index contributed by atoms with van der Waals surface area (Å²) in [5, 5.41) is 6.55. The number of aliphatic imine (C=N–C) groups is 1. The number of nitrogens with two attached hydrogens (primary N) is 1. The first-order valence-electron chi connectivity index (χ1n) is 8.63. The summed E-state index contributed by atoms with van der Waals surface area (Å²) in [5.74, 6) is 0.555. The lowest BCUT2D eigenvalue weighted by Gasteiger charge is -2.20. The van der Waals surface area contributed by atoms with Crippen LogP contribution in [-0.4, -0.2) is 48.1 Å². The van der Waals surface area contributed by atoms with Crippen LogP contribution >= 0.6 is 11.3 Å². The van der Waals surface area contributed by atoms with Crippen LogP contribution in [0.2, 0.25) is 0 Å². The van der Waals surface area contributed by atoms with Gasteiger partial charge in [0.15, 0.2) is 5.96 Å². The number of guanidine groups is 1. The van der Waals surface area contributed by atoms with E-state index in [0.717, 1.165) is 31.7 Å². The number of nitrogens with zero attached hydrogens (tertiary/aromatic N) is 3. The Morgan fingerprint density at radius 1 is 1.52 bits per heavy atom. The Bertz CT molecular complexity index is 517. The Morgan fingerprint density at radius 2 is 2.30 bits per heavy atom. The van der Waals surface area contributed by atoms with Crippen molar-refractivity contribution in [2.45, 2.75) is 58.4 Å². The van der Waals surface area contributed by atoms with Gasteiger partial charge in [-0.25, -0.2) is 4.98 Å². The maximum Gasteiger partial charge on any atom is 0.188 e. The van der Waals surface area contributed by atoms with Crippen LogP contribution in [0.4, 0.5) is 0 Å². The summed E-state index contributed by atoms with van der Waals surface area (Å²) in [6.45, 7) is 12.7. The fourth-order valence-electron chi connectivity index (χ4n) is 2.86. The number of likely N-dealkylation sites (N-methyl/N-ethyl adjacent to an activating group) is 1. The van der Waals surface area contributed by atoms with E-state index in [1.165, 1.54) is 24.4 Å². The van der Waals surface area contributed by atoms with E-state index in [9.17, 15) is 0 Å². The normalized spacial score (nSPS) is 20.2. The third kappa shape index (κ3) is 5.46. The third-order valence-electron chi connectivity index (χ3n) is 4.26. The molecule has 0 radical (unpaired) electrons. The monoisotopic (exact) mass is 337 g/mol. The SMILES string of the molecule is CCN1CCCC1CN=C(N)NCCc1csc(C(C)(C)C)n1. The smallest absolute Gasteiger partial charge is 0.188 e. The van der Waals surface area contributed by atoms with Gasteiger partial charge in [0.05, 0.1) is 17.2 Å². The fraction of sp³-hybridized carbons (Fsp3) is 0.765. The van der Waals surface area contributed by atoms with Gasteiger partial charge in [-0.05, 0) is 25.9 Å². The van der Waals surface area contributed by atoms with Crippen LogP contribution in [0.15, 0.2) is 10.4 Å². The third-order valence-corrected chi connectivity index (χ3v) is 5.58. The van der Waals surface area contributed by atoms with Crippen molar-refractivity contribution in [3.8, 4) is 0 Å².